The number of amides is 2. The van der Waals surface area contributed by atoms with Gasteiger partial charge in [0, 0.05) is 28.7 Å². The number of phenols is 1. The first-order chi connectivity index (χ1) is 15.3. The van der Waals surface area contributed by atoms with Gasteiger partial charge in [-0.1, -0.05) is 23.8 Å². The molecule has 1 fully saturated rings. The minimum atomic E-state index is -0.707. The van der Waals surface area contributed by atoms with Crippen LogP contribution in [0.1, 0.15) is 31.2 Å². The summed E-state index contributed by atoms with van der Waals surface area (Å²) < 4.78 is 5.71. The number of Topliss-reactive ketones (excluding diaryl/α,β-unsaturated/α-hetero) is 1. The van der Waals surface area contributed by atoms with Gasteiger partial charge in [0.25, 0.3) is 0 Å². The number of allylic oxidation sites excluding steroid dienone is 6. The van der Waals surface area contributed by atoms with Crippen molar-refractivity contribution in [2.24, 2.45) is 17.8 Å². The minimum Gasteiger partial charge on any atom is -0.504 e. The van der Waals surface area contributed by atoms with Gasteiger partial charge in [-0.05, 0) is 47.7 Å². The van der Waals surface area contributed by atoms with Gasteiger partial charge in [0.15, 0.2) is 23.1 Å². The Morgan fingerprint density at radius 2 is 1.94 bits per heavy atom. The lowest BCUT2D eigenvalue weighted by molar-refractivity contribution is -0.126. The maximum absolute atomic E-state index is 13.1. The molecule has 3 aliphatic carbocycles. The second kappa shape index (κ2) is 7.55. The van der Waals surface area contributed by atoms with Crippen molar-refractivity contribution >= 4 is 39.3 Å². The van der Waals surface area contributed by atoms with E-state index in [1.165, 1.54) is 6.08 Å². The monoisotopic (exact) mass is 497 g/mol. The summed E-state index contributed by atoms with van der Waals surface area (Å²) in [6.07, 6.45) is 3.71. The van der Waals surface area contributed by atoms with Gasteiger partial charge in [-0.25, -0.2) is 0 Å². The van der Waals surface area contributed by atoms with Gasteiger partial charge < -0.3 is 9.84 Å². The van der Waals surface area contributed by atoms with Crippen LogP contribution >= 0.6 is 15.9 Å². The fourth-order valence-corrected chi connectivity index (χ4v) is 5.96. The van der Waals surface area contributed by atoms with Gasteiger partial charge in [0.2, 0.25) is 11.8 Å². The number of nitrogens with one attached hydrogen (secondary N) is 1. The van der Waals surface area contributed by atoms with Crippen LogP contribution in [0.2, 0.25) is 0 Å². The molecule has 4 unspecified atom stereocenters. The Balaban J connectivity index is 1.73. The average Bonchev–Trinajstić information content (AvgIpc) is 3.06. The van der Waals surface area contributed by atoms with E-state index in [1.54, 1.807) is 25.1 Å². The van der Waals surface area contributed by atoms with E-state index in [-0.39, 0.29) is 45.8 Å². The van der Waals surface area contributed by atoms with Crippen molar-refractivity contribution in [3.8, 4) is 11.5 Å². The molecule has 0 aromatic heterocycles. The first-order valence-electron chi connectivity index (χ1n) is 10.5. The van der Waals surface area contributed by atoms with E-state index in [0.29, 0.717) is 29.7 Å². The number of imide groups is 1. The second-order valence-electron chi connectivity index (χ2n) is 8.37. The van der Waals surface area contributed by atoms with Gasteiger partial charge in [-0.2, -0.15) is 0 Å². The molecule has 0 radical (unpaired) electrons. The Labute approximate surface area is 192 Å². The molecular formula is C24H20BrNO6. The molecule has 4 aliphatic rings. The minimum absolute atomic E-state index is 0.101. The van der Waals surface area contributed by atoms with Crippen molar-refractivity contribution in [2.45, 2.75) is 25.7 Å². The Bertz CT molecular complexity index is 1190. The topological polar surface area (TPSA) is 110 Å². The molecule has 1 aliphatic heterocycles. The average molecular weight is 498 g/mol. The first kappa shape index (κ1) is 20.9. The van der Waals surface area contributed by atoms with Crippen molar-refractivity contribution in [2.75, 3.05) is 6.61 Å². The zero-order valence-electron chi connectivity index (χ0n) is 17.2. The summed E-state index contributed by atoms with van der Waals surface area (Å²) in [5.74, 6) is -3.33. The van der Waals surface area contributed by atoms with Gasteiger partial charge in [-0.15, -0.1) is 0 Å². The van der Waals surface area contributed by atoms with Crippen LogP contribution in [0.3, 0.4) is 0 Å². The van der Waals surface area contributed by atoms with Crippen molar-refractivity contribution < 1.29 is 29.0 Å². The predicted molar refractivity (Wildman–Crippen MR) is 117 cm³/mol. The number of ether oxygens (including phenoxy) is 1. The third-order valence-corrected chi connectivity index (χ3v) is 7.40. The highest BCUT2D eigenvalue weighted by Gasteiger charge is 2.53. The number of ketones is 2. The molecule has 7 nitrogen and oxygen atoms in total. The fourth-order valence-electron chi connectivity index (χ4n) is 5.52. The lowest BCUT2D eigenvalue weighted by atomic mass is 9.59. The molecule has 0 saturated carbocycles. The summed E-state index contributed by atoms with van der Waals surface area (Å²) in [5, 5.41) is 13.4. The number of halogens is 1. The summed E-state index contributed by atoms with van der Waals surface area (Å²) in [6, 6.07) is 5.06. The van der Waals surface area contributed by atoms with E-state index in [9.17, 15) is 24.3 Å². The van der Waals surface area contributed by atoms with Crippen LogP contribution < -0.4 is 10.1 Å². The van der Waals surface area contributed by atoms with Crippen molar-refractivity contribution in [3.63, 3.8) is 0 Å². The van der Waals surface area contributed by atoms with Crippen molar-refractivity contribution in [1.82, 2.24) is 5.32 Å². The van der Waals surface area contributed by atoms with E-state index in [4.69, 9.17) is 4.74 Å². The Hall–Kier alpha value is -3.00. The third-order valence-electron chi connectivity index (χ3n) is 6.82. The number of rotatable bonds is 3. The molecule has 1 aromatic carbocycles. The standard InChI is InChI=1S/C24H20BrNO6/c1-2-32-17-5-3-4-11(22(17)29)18-10-6-7-12-19(24(31)26-23(12)30)13(10)8-14-20(18)16(27)9-15(25)21(14)28/h3-6,9,12-13,18-19,29H,2,7-8H2,1H3,(H,26,30,31). The molecule has 1 heterocycles. The lowest BCUT2D eigenvalue weighted by Crippen LogP contribution is -2.39. The van der Waals surface area contributed by atoms with E-state index < -0.39 is 23.7 Å². The fraction of sp³-hybridized carbons (Fsp3) is 0.333. The van der Waals surface area contributed by atoms with Crippen molar-refractivity contribution in [1.29, 1.82) is 0 Å². The molecule has 0 bridgehead atoms. The van der Waals surface area contributed by atoms with Gasteiger partial charge in [-0.3, -0.25) is 24.5 Å². The first-order valence-corrected chi connectivity index (χ1v) is 11.3. The van der Waals surface area contributed by atoms with Gasteiger partial charge in [0.1, 0.15) is 0 Å². The molecule has 1 saturated heterocycles. The highest BCUT2D eigenvalue weighted by atomic mass is 79.9. The molecule has 2 amide bonds. The number of hydrogen-bond donors (Lipinski definition) is 2. The van der Waals surface area contributed by atoms with Gasteiger partial charge >= 0.3 is 0 Å². The summed E-state index contributed by atoms with van der Waals surface area (Å²) in [7, 11) is 0. The van der Waals surface area contributed by atoms with E-state index in [0.717, 1.165) is 5.57 Å². The Morgan fingerprint density at radius 3 is 2.69 bits per heavy atom. The molecule has 8 heteroatoms. The summed E-state index contributed by atoms with van der Waals surface area (Å²) in [4.78, 5) is 51.1. The predicted octanol–water partition coefficient (Wildman–Crippen LogP) is 2.84. The van der Waals surface area contributed by atoms with Gasteiger partial charge in [0.05, 0.1) is 22.9 Å². The zero-order valence-corrected chi connectivity index (χ0v) is 18.8. The number of phenolic OH excluding ortho intramolecular Hbond substituents is 1. The number of benzene rings is 1. The number of hydrogen-bond acceptors (Lipinski definition) is 6. The Kier molecular flexibility index (Phi) is 4.93. The smallest absolute Gasteiger partial charge is 0.231 e. The number of aromatic hydroxyl groups is 1. The lowest BCUT2D eigenvalue weighted by Gasteiger charge is -2.42. The Morgan fingerprint density at radius 1 is 1.16 bits per heavy atom. The van der Waals surface area contributed by atoms with Crippen LogP contribution in [-0.4, -0.2) is 35.1 Å². The third kappa shape index (κ3) is 2.92. The van der Waals surface area contributed by atoms with Crippen LogP contribution in [-0.2, 0) is 19.2 Å². The molecule has 2 N–H and O–H groups in total. The molecule has 0 spiro atoms. The quantitative estimate of drug-likeness (QED) is 0.377. The highest BCUT2D eigenvalue weighted by Crippen LogP contribution is 2.56. The van der Waals surface area contributed by atoms with E-state index in [1.807, 2.05) is 6.08 Å². The normalized spacial score (nSPS) is 29.1. The number of carbonyl (C=O) groups is 4. The molecule has 164 valence electrons. The molecule has 4 atom stereocenters. The molecule has 1 aromatic rings. The summed E-state index contributed by atoms with van der Waals surface area (Å²) in [6.45, 7) is 2.15. The van der Waals surface area contributed by atoms with E-state index >= 15 is 0 Å². The summed E-state index contributed by atoms with van der Waals surface area (Å²) in [5.41, 5.74) is 1.86. The zero-order chi connectivity index (χ0) is 22.7. The maximum Gasteiger partial charge on any atom is 0.231 e. The van der Waals surface area contributed by atoms with Crippen LogP contribution in [0, 0.1) is 17.8 Å². The van der Waals surface area contributed by atoms with Crippen LogP contribution in [0.5, 0.6) is 11.5 Å². The van der Waals surface area contributed by atoms with Crippen LogP contribution in [0.25, 0.3) is 0 Å². The molecular weight excluding hydrogens is 478 g/mol. The largest absolute Gasteiger partial charge is 0.504 e. The number of para-hydroxylation sites is 1. The SMILES string of the molecule is CCOc1cccc(C2C3=CCC4C(=O)NC(=O)C4C3CC3=C2C(=O)C=C(Br)C3=O)c1O. The van der Waals surface area contributed by atoms with Crippen LogP contribution in [0.15, 0.2) is 51.6 Å². The summed E-state index contributed by atoms with van der Waals surface area (Å²) >= 11 is 3.18. The highest BCUT2D eigenvalue weighted by molar-refractivity contribution is 9.12. The maximum atomic E-state index is 13.1. The number of carbonyl (C=O) groups excluding carboxylic acids is 4. The number of fused-ring (bicyclic) bond motifs is 3. The van der Waals surface area contributed by atoms with Crippen molar-refractivity contribution in [3.05, 3.63) is 57.1 Å². The van der Waals surface area contributed by atoms with Crippen LogP contribution in [0.4, 0.5) is 0 Å². The molecule has 32 heavy (non-hydrogen) atoms. The van der Waals surface area contributed by atoms with E-state index in [2.05, 4.69) is 21.2 Å². The second-order valence-corrected chi connectivity index (χ2v) is 9.23. The molecule has 5 rings (SSSR count).